The van der Waals surface area contributed by atoms with E-state index in [2.05, 4.69) is 10.5 Å². The van der Waals surface area contributed by atoms with E-state index >= 15 is 0 Å². The van der Waals surface area contributed by atoms with Crippen LogP contribution in [0.15, 0.2) is 54.7 Å². The number of pyridine rings is 1. The fourth-order valence-electron chi connectivity index (χ4n) is 2.76. The first-order chi connectivity index (χ1) is 14.6. The molecule has 1 aliphatic heterocycles. The molecule has 2 heterocycles. The maximum atomic E-state index is 12.2. The van der Waals surface area contributed by atoms with Crippen molar-refractivity contribution in [2.24, 2.45) is 0 Å². The summed E-state index contributed by atoms with van der Waals surface area (Å²) in [6, 6.07) is 10.8. The molecule has 1 aromatic carbocycles. The van der Waals surface area contributed by atoms with E-state index in [1.807, 2.05) is 18.2 Å². The number of hydrogen-bond acceptors (Lipinski definition) is 5. The number of hydroxylamine groups is 1. The molecule has 2 aromatic rings. The van der Waals surface area contributed by atoms with E-state index < -0.39 is 0 Å². The molecule has 0 bridgehead atoms. The van der Waals surface area contributed by atoms with Crippen molar-refractivity contribution in [1.29, 1.82) is 0 Å². The van der Waals surface area contributed by atoms with Gasteiger partial charge in [-0.1, -0.05) is 30.3 Å². The second kappa shape index (κ2) is 11.4. The van der Waals surface area contributed by atoms with Crippen molar-refractivity contribution < 1.29 is 19.2 Å². The molecule has 1 fully saturated rings. The van der Waals surface area contributed by atoms with Crippen LogP contribution in [0, 0.1) is 0 Å². The lowest BCUT2D eigenvalue weighted by molar-refractivity contribution is -0.198. The van der Waals surface area contributed by atoms with Crippen molar-refractivity contribution in [3.63, 3.8) is 0 Å². The maximum absolute atomic E-state index is 12.2. The van der Waals surface area contributed by atoms with Crippen LogP contribution in [0.1, 0.15) is 46.4 Å². The summed E-state index contributed by atoms with van der Waals surface area (Å²) >= 11 is 5.76. The minimum absolute atomic E-state index is 0.0984. The zero-order valence-corrected chi connectivity index (χ0v) is 17.2. The number of alkyl halides is 1. The van der Waals surface area contributed by atoms with Crippen LogP contribution in [0.4, 0.5) is 0 Å². The third-order valence-corrected chi connectivity index (χ3v) is 4.77. The molecule has 1 unspecified atom stereocenters. The summed E-state index contributed by atoms with van der Waals surface area (Å²) < 4.78 is 5.37. The topological polar surface area (TPSA) is 77.5 Å². The highest BCUT2D eigenvalue weighted by atomic mass is 35.5. The molecule has 1 aliphatic rings. The first-order valence-electron chi connectivity index (χ1n) is 9.73. The Hall–Kier alpha value is -2.80. The normalized spacial score (nSPS) is 16.8. The third-order valence-electron chi connectivity index (χ3n) is 4.46. The summed E-state index contributed by atoms with van der Waals surface area (Å²) in [4.78, 5) is 33.5. The van der Waals surface area contributed by atoms with Gasteiger partial charge in [0.25, 0.3) is 5.91 Å². The second-order valence-corrected chi connectivity index (χ2v) is 7.03. The first kappa shape index (κ1) is 21.9. The lowest BCUT2D eigenvalue weighted by atomic mass is 10.1. The van der Waals surface area contributed by atoms with Crippen LogP contribution >= 0.6 is 11.6 Å². The number of carbonyl (C=O) groups is 2. The molecule has 0 aliphatic carbocycles. The smallest absolute Gasteiger partial charge is 0.267 e. The predicted molar refractivity (Wildman–Crippen MR) is 115 cm³/mol. The molecular formula is C23H23ClN2O4. The number of ether oxygens (including phenoxy) is 1. The standard InChI is InChI=1S/C23H23ClN2O4/c24-15-17-4-8-19(9-5-17)21(27)12-7-18-6-10-20(25-16-18)11-13-22(28)26-30-23-3-1-2-14-29-23/h4-13,16,23H,1-3,14-15H2,(H,26,28)/b12-7+,13-11+. The molecule has 1 amide bonds. The van der Waals surface area contributed by atoms with Crippen LogP contribution in [0.3, 0.4) is 0 Å². The Bertz CT molecular complexity index is 902. The highest BCUT2D eigenvalue weighted by molar-refractivity contribution is 6.17. The molecule has 30 heavy (non-hydrogen) atoms. The average molecular weight is 427 g/mol. The number of amides is 1. The summed E-state index contributed by atoms with van der Waals surface area (Å²) in [6.45, 7) is 0.646. The highest BCUT2D eigenvalue weighted by Crippen LogP contribution is 2.13. The van der Waals surface area contributed by atoms with Crippen LogP contribution in [0.2, 0.25) is 0 Å². The fourth-order valence-corrected chi connectivity index (χ4v) is 2.94. The largest absolute Gasteiger partial charge is 0.350 e. The number of nitrogens with zero attached hydrogens (tertiary/aromatic N) is 1. The van der Waals surface area contributed by atoms with Gasteiger partial charge in [0.1, 0.15) is 0 Å². The number of benzene rings is 1. The van der Waals surface area contributed by atoms with Crippen LogP contribution in [0.25, 0.3) is 12.2 Å². The van der Waals surface area contributed by atoms with Gasteiger partial charge in [-0.05, 0) is 48.3 Å². The molecule has 0 spiro atoms. The van der Waals surface area contributed by atoms with Crippen LogP contribution < -0.4 is 5.48 Å². The maximum Gasteiger partial charge on any atom is 0.267 e. The first-order valence-corrected chi connectivity index (χ1v) is 10.3. The minimum Gasteiger partial charge on any atom is -0.350 e. The Morgan fingerprint density at radius 2 is 1.97 bits per heavy atom. The van der Waals surface area contributed by atoms with E-state index in [0.29, 0.717) is 23.7 Å². The van der Waals surface area contributed by atoms with E-state index in [1.54, 1.807) is 36.5 Å². The molecule has 6 nitrogen and oxygen atoms in total. The van der Waals surface area contributed by atoms with Gasteiger partial charge in [-0.2, -0.15) is 0 Å². The van der Waals surface area contributed by atoms with E-state index in [0.717, 1.165) is 30.4 Å². The minimum atomic E-state index is -0.388. The van der Waals surface area contributed by atoms with E-state index in [-0.39, 0.29) is 18.0 Å². The SMILES string of the molecule is O=C(/C=C/c1ccc(/C=C/C(=O)c2ccc(CCl)cc2)cn1)NOC1CCCCO1. The van der Waals surface area contributed by atoms with Crippen LogP contribution in [-0.2, 0) is 20.2 Å². The number of allylic oxidation sites excluding steroid dienone is 1. The van der Waals surface area contributed by atoms with E-state index in [1.165, 1.54) is 12.2 Å². The molecule has 1 N–H and O–H groups in total. The van der Waals surface area contributed by atoms with E-state index in [4.69, 9.17) is 21.2 Å². The van der Waals surface area contributed by atoms with Crippen molar-refractivity contribution in [2.75, 3.05) is 6.61 Å². The zero-order chi connectivity index (χ0) is 21.2. The molecular weight excluding hydrogens is 404 g/mol. The number of aromatic nitrogens is 1. The van der Waals surface area contributed by atoms with Crippen LogP contribution in [0.5, 0.6) is 0 Å². The summed E-state index contributed by atoms with van der Waals surface area (Å²) in [7, 11) is 0. The predicted octanol–water partition coefficient (Wildman–Crippen LogP) is 4.30. The van der Waals surface area contributed by atoms with Gasteiger partial charge in [-0.25, -0.2) is 10.3 Å². The van der Waals surface area contributed by atoms with Crippen molar-refractivity contribution in [3.8, 4) is 0 Å². The Labute approximate surface area is 180 Å². The Balaban J connectivity index is 1.48. The fraction of sp³-hybridized carbons (Fsp3) is 0.261. The second-order valence-electron chi connectivity index (χ2n) is 6.76. The van der Waals surface area contributed by atoms with Gasteiger partial charge in [0.2, 0.25) is 0 Å². The van der Waals surface area contributed by atoms with Gasteiger partial charge in [0.05, 0.1) is 5.69 Å². The molecule has 1 aromatic heterocycles. The molecule has 1 atom stereocenters. The lowest BCUT2D eigenvalue weighted by Gasteiger charge is -2.21. The molecule has 0 saturated carbocycles. The number of halogens is 1. The van der Waals surface area contributed by atoms with Gasteiger partial charge < -0.3 is 4.74 Å². The molecule has 7 heteroatoms. The number of hydrogen-bond donors (Lipinski definition) is 1. The summed E-state index contributed by atoms with van der Waals surface area (Å²) in [5.74, 6) is -0.0696. The van der Waals surface area contributed by atoms with Crippen LogP contribution in [-0.4, -0.2) is 29.6 Å². The molecule has 1 saturated heterocycles. The van der Waals surface area contributed by atoms with Crippen molar-refractivity contribution in [2.45, 2.75) is 31.4 Å². The molecule has 0 radical (unpaired) electrons. The number of carbonyl (C=O) groups excluding carboxylic acids is 2. The van der Waals surface area contributed by atoms with E-state index in [9.17, 15) is 9.59 Å². The van der Waals surface area contributed by atoms with Crippen molar-refractivity contribution in [3.05, 3.63) is 77.1 Å². The molecule has 156 valence electrons. The number of ketones is 1. The van der Waals surface area contributed by atoms with Gasteiger partial charge in [0.15, 0.2) is 12.1 Å². The van der Waals surface area contributed by atoms with Crippen molar-refractivity contribution >= 4 is 35.4 Å². The van der Waals surface area contributed by atoms with Gasteiger partial charge in [-0.3, -0.25) is 14.6 Å². The number of rotatable bonds is 8. The quantitative estimate of drug-likeness (QED) is 0.294. The summed E-state index contributed by atoms with van der Waals surface area (Å²) in [6.07, 6.45) is 10.2. The lowest BCUT2D eigenvalue weighted by Crippen LogP contribution is -2.32. The van der Waals surface area contributed by atoms with Gasteiger partial charge >= 0.3 is 0 Å². The Kier molecular flexibility index (Phi) is 8.32. The monoisotopic (exact) mass is 426 g/mol. The Morgan fingerprint density at radius 1 is 1.13 bits per heavy atom. The van der Waals surface area contributed by atoms with Gasteiger partial charge in [0, 0.05) is 36.7 Å². The van der Waals surface area contributed by atoms with Crippen molar-refractivity contribution in [1.82, 2.24) is 10.5 Å². The highest BCUT2D eigenvalue weighted by Gasteiger charge is 2.14. The third kappa shape index (κ3) is 6.91. The zero-order valence-electron chi connectivity index (χ0n) is 16.4. The summed E-state index contributed by atoms with van der Waals surface area (Å²) in [5.41, 5.74) is 5.31. The molecule has 3 rings (SSSR count). The summed E-state index contributed by atoms with van der Waals surface area (Å²) in [5, 5.41) is 0. The number of nitrogens with one attached hydrogen (secondary N) is 1. The average Bonchev–Trinajstić information content (AvgIpc) is 2.81. The van der Waals surface area contributed by atoms with Gasteiger partial charge in [-0.15, -0.1) is 11.6 Å². The Morgan fingerprint density at radius 3 is 2.63 bits per heavy atom.